The normalized spacial score (nSPS) is 19.2. The van der Waals surface area contributed by atoms with Gasteiger partial charge in [0.2, 0.25) is 0 Å². The monoisotopic (exact) mass is 461 g/mol. The summed E-state index contributed by atoms with van der Waals surface area (Å²) < 4.78 is 0. The maximum Gasteiger partial charge on any atom is 0.0855 e. The summed E-state index contributed by atoms with van der Waals surface area (Å²) >= 11 is 0. The minimum Gasteiger partial charge on any atom is -0.330 e. The lowest BCUT2D eigenvalue weighted by Gasteiger charge is -2.51. The molecule has 2 aliphatic rings. The fourth-order valence-corrected chi connectivity index (χ4v) is 6.75. The molecule has 1 unspecified atom stereocenters. The van der Waals surface area contributed by atoms with E-state index in [4.69, 9.17) is 0 Å². The van der Waals surface area contributed by atoms with Gasteiger partial charge in [-0.1, -0.05) is 133 Å². The van der Waals surface area contributed by atoms with Gasteiger partial charge in [0.05, 0.1) is 11.0 Å². The minimum atomic E-state index is -0.411. The molecule has 0 bridgehead atoms. The summed E-state index contributed by atoms with van der Waals surface area (Å²) in [4.78, 5) is 2.61. The summed E-state index contributed by atoms with van der Waals surface area (Å²) in [5, 5.41) is 0. The van der Waals surface area contributed by atoms with E-state index in [1.165, 1.54) is 39.2 Å². The average molecular weight is 462 g/mol. The first-order valence-corrected chi connectivity index (χ1v) is 12.7. The SMILES string of the molecule is C1=CC2(Cc3ccccc31)N(c1ccccc1)c1ccccc1C2(c1ccccc1)c1ccccc1. The Bertz CT molecular complexity index is 1510. The Morgan fingerprint density at radius 3 is 1.78 bits per heavy atom. The first-order valence-electron chi connectivity index (χ1n) is 12.7. The molecule has 0 aromatic heterocycles. The van der Waals surface area contributed by atoms with Crippen molar-refractivity contribution in [1.82, 2.24) is 0 Å². The number of fused-ring (bicyclic) bond motifs is 2. The first-order chi connectivity index (χ1) is 17.8. The Labute approximate surface area is 213 Å². The van der Waals surface area contributed by atoms with Crippen molar-refractivity contribution in [3.8, 4) is 0 Å². The van der Waals surface area contributed by atoms with Crippen LogP contribution in [0.1, 0.15) is 27.8 Å². The molecule has 1 nitrogen and oxygen atoms in total. The maximum absolute atomic E-state index is 2.61. The van der Waals surface area contributed by atoms with Crippen LogP contribution in [-0.4, -0.2) is 5.54 Å². The van der Waals surface area contributed by atoms with Crippen LogP contribution in [0.4, 0.5) is 11.4 Å². The van der Waals surface area contributed by atoms with Crippen molar-refractivity contribution >= 4 is 17.5 Å². The molecule has 1 heterocycles. The van der Waals surface area contributed by atoms with Crippen LogP contribution in [-0.2, 0) is 11.8 Å². The van der Waals surface area contributed by atoms with Crippen LogP contribution < -0.4 is 4.90 Å². The van der Waals surface area contributed by atoms with Crippen LogP contribution in [0.5, 0.6) is 0 Å². The van der Waals surface area contributed by atoms with Gasteiger partial charge in [-0.2, -0.15) is 0 Å². The van der Waals surface area contributed by atoms with Gasteiger partial charge in [0, 0.05) is 17.8 Å². The Morgan fingerprint density at radius 1 is 0.528 bits per heavy atom. The fourth-order valence-electron chi connectivity index (χ4n) is 6.75. The molecule has 5 aromatic carbocycles. The molecule has 1 spiro atoms. The van der Waals surface area contributed by atoms with E-state index in [2.05, 4.69) is 157 Å². The quantitative estimate of drug-likeness (QED) is 0.262. The molecule has 0 radical (unpaired) electrons. The third kappa shape index (κ3) is 2.77. The lowest BCUT2D eigenvalue weighted by atomic mass is 9.56. The zero-order valence-electron chi connectivity index (χ0n) is 20.1. The summed E-state index contributed by atoms with van der Waals surface area (Å²) in [6.45, 7) is 0. The van der Waals surface area contributed by atoms with Crippen LogP contribution in [0.15, 0.2) is 146 Å². The van der Waals surface area contributed by atoms with Crippen LogP contribution in [0, 0.1) is 0 Å². The van der Waals surface area contributed by atoms with Crippen molar-refractivity contribution in [1.29, 1.82) is 0 Å². The second-order valence-corrected chi connectivity index (χ2v) is 9.80. The van der Waals surface area contributed by atoms with E-state index in [9.17, 15) is 0 Å². The number of hydrogen-bond donors (Lipinski definition) is 0. The average Bonchev–Trinajstić information content (AvgIpc) is 3.20. The molecule has 172 valence electrons. The third-order valence-corrected chi connectivity index (χ3v) is 8.08. The van der Waals surface area contributed by atoms with Gasteiger partial charge in [-0.3, -0.25) is 0 Å². The number of anilines is 2. The maximum atomic E-state index is 2.61. The summed E-state index contributed by atoms with van der Waals surface area (Å²) in [6, 6.07) is 51.0. The van der Waals surface area contributed by atoms with Crippen molar-refractivity contribution in [2.24, 2.45) is 0 Å². The smallest absolute Gasteiger partial charge is 0.0855 e. The number of para-hydroxylation sites is 2. The number of hydrogen-bond acceptors (Lipinski definition) is 1. The molecule has 0 amide bonds. The number of benzene rings is 5. The van der Waals surface area contributed by atoms with Gasteiger partial charge >= 0.3 is 0 Å². The molecule has 5 aromatic rings. The largest absolute Gasteiger partial charge is 0.330 e. The molecular formula is C35H27N. The van der Waals surface area contributed by atoms with E-state index in [-0.39, 0.29) is 5.54 Å². The van der Waals surface area contributed by atoms with Gasteiger partial charge in [-0.25, -0.2) is 0 Å². The Hall–Kier alpha value is -4.36. The molecule has 0 N–H and O–H groups in total. The Kier molecular flexibility index (Phi) is 4.72. The molecule has 0 fully saturated rings. The lowest BCUT2D eigenvalue weighted by molar-refractivity contribution is 0.390. The second kappa shape index (κ2) is 8.10. The number of nitrogens with zero attached hydrogens (tertiary/aromatic N) is 1. The summed E-state index contributed by atoms with van der Waals surface area (Å²) in [5.41, 5.74) is 8.34. The highest BCUT2D eigenvalue weighted by Gasteiger charge is 2.63. The first kappa shape index (κ1) is 21.0. The van der Waals surface area contributed by atoms with Gasteiger partial charge in [0.15, 0.2) is 0 Å². The molecule has 1 aliphatic carbocycles. The zero-order chi connectivity index (χ0) is 24.0. The predicted molar refractivity (Wildman–Crippen MR) is 150 cm³/mol. The highest BCUT2D eigenvalue weighted by molar-refractivity contribution is 5.85. The standard InChI is InChI=1S/C35H27N/c1-4-16-29(17-5-1)35(30-18-6-2-7-19-30)32-22-12-13-23-33(32)36(31-20-8-3-9-21-31)34(35)25-24-27-14-10-11-15-28(27)26-34/h1-25H,26H2. The molecule has 0 saturated carbocycles. The van der Waals surface area contributed by atoms with Crippen LogP contribution in [0.2, 0.25) is 0 Å². The molecule has 36 heavy (non-hydrogen) atoms. The van der Waals surface area contributed by atoms with Crippen LogP contribution in [0.25, 0.3) is 6.08 Å². The molecular weight excluding hydrogens is 434 g/mol. The van der Waals surface area contributed by atoms with Crippen molar-refractivity contribution in [3.63, 3.8) is 0 Å². The topological polar surface area (TPSA) is 3.24 Å². The third-order valence-electron chi connectivity index (χ3n) is 8.08. The van der Waals surface area contributed by atoms with Crippen molar-refractivity contribution < 1.29 is 0 Å². The van der Waals surface area contributed by atoms with Crippen molar-refractivity contribution in [3.05, 3.63) is 173 Å². The van der Waals surface area contributed by atoms with E-state index in [1.54, 1.807) is 0 Å². The van der Waals surface area contributed by atoms with E-state index in [0.717, 1.165) is 6.42 Å². The predicted octanol–water partition coefficient (Wildman–Crippen LogP) is 8.18. The van der Waals surface area contributed by atoms with Gasteiger partial charge in [0.1, 0.15) is 0 Å². The van der Waals surface area contributed by atoms with E-state index < -0.39 is 5.41 Å². The summed E-state index contributed by atoms with van der Waals surface area (Å²) in [6.07, 6.45) is 5.73. The minimum absolute atomic E-state index is 0.380. The summed E-state index contributed by atoms with van der Waals surface area (Å²) in [5.74, 6) is 0. The van der Waals surface area contributed by atoms with Crippen molar-refractivity contribution in [2.45, 2.75) is 17.4 Å². The van der Waals surface area contributed by atoms with E-state index >= 15 is 0 Å². The number of rotatable bonds is 3. The molecule has 1 heteroatoms. The highest BCUT2D eigenvalue weighted by Crippen LogP contribution is 2.63. The van der Waals surface area contributed by atoms with Gasteiger partial charge in [0.25, 0.3) is 0 Å². The van der Waals surface area contributed by atoms with Gasteiger partial charge in [-0.15, -0.1) is 0 Å². The molecule has 1 aliphatic heterocycles. The zero-order valence-corrected chi connectivity index (χ0v) is 20.1. The van der Waals surface area contributed by atoms with Gasteiger partial charge in [-0.05, 0) is 46.0 Å². The van der Waals surface area contributed by atoms with E-state index in [0.29, 0.717) is 0 Å². The highest BCUT2D eigenvalue weighted by atomic mass is 15.3. The second-order valence-electron chi connectivity index (χ2n) is 9.80. The van der Waals surface area contributed by atoms with Crippen LogP contribution in [0.3, 0.4) is 0 Å². The molecule has 0 saturated heterocycles. The van der Waals surface area contributed by atoms with E-state index in [1.807, 2.05) is 0 Å². The fraction of sp³-hybridized carbons (Fsp3) is 0.0857. The lowest BCUT2D eigenvalue weighted by Crippen LogP contribution is -2.58. The van der Waals surface area contributed by atoms with Crippen LogP contribution >= 0.6 is 0 Å². The molecule has 1 atom stereocenters. The molecule has 7 rings (SSSR count). The van der Waals surface area contributed by atoms with Crippen molar-refractivity contribution in [2.75, 3.05) is 4.90 Å². The van der Waals surface area contributed by atoms with Gasteiger partial charge < -0.3 is 4.90 Å². The Morgan fingerprint density at radius 2 is 1.08 bits per heavy atom. The Balaban J connectivity index is 1.66. The summed E-state index contributed by atoms with van der Waals surface area (Å²) in [7, 11) is 0.